The third kappa shape index (κ3) is 2.96. The minimum absolute atomic E-state index is 0.238. The van der Waals surface area contributed by atoms with Crippen LogP contribution in [0.3, 0.4) is 0 Å². The van der Waals surface area contributed by atoms with Crippen molar-refractivity contribution >= 4 is 11.7 Å². The number of anilines is 1. The number of amides is 2. The van der Waals surface area contributed by atoms with Crippen molar-refractivity contribution in [1.82, 2.24) is 5.32 Å². The maximum Gasteiger partial charge on any atom is 0.319 e. The highest BCUT2D eigenvalue weighted by molar-refractivity contribution is 5.90. The van der Waals surface area contributed by atoms with Gasteiger partial charge in [-0.1, -0.05) is 25.0 Å². The van der Waals surface area contributed by atoms with Crippen LogP contribution < -0.4 is 10.6 Å². The number of carbonyl (C=O) groups excluding carboxylic acids is 1. The molecule has 0 aliphatic heterocycles. The number of para-hydroxylation sites is 1. The monoisotopic (exact) mass is 236 g/mol. The van der Waals surface area contributed by atoms with Crippen LogP contribution in [0, 0.1) is 12.7 Å². The van der Waals surface area contributed by atoms with Crippen molar-refractivity contribution in [2.45, 2.75) is 38.6 Å². The molecule has 4 heteroatoms. The zero-order valence-electron chi connectivity index (χ0n) is 9.92. The summed E-state index contributed by atoms with van der Waals surface area (Å²) in [7, 11) is 0. The number of benzene rings is 1. The predicted molar refractivity (Wildman–Crippen MR) is 65.5 cm³/mol. The van der Waals surface area contributed by atoms with Crippen molar-refractivity contribution in [3.63, 3.8) is 0 Å². The second-order valence-corrected chi connectivity index (χ2v) is 4.51. The average Bonchev–Trinajstić information content (AvgIpc) is 2.76. The number of hydrogen-bond donors (Lipinski definition) is 2. The summed E-state index contributed by atoms with van der Waals surface area (Å²) in [6.07, 6.45) is 4.35. The van der Waals surface area contributed by atoms with Crippen molar-refractivity contribution in [1.29, 1.82) is 0 Å². The van der Waals surface area contributed by atoms with E-state index in [9.17, 15) is 9.18 Å². The molecule has 0 radical (unpaired) electrons. The molecule has 3 nitrogen and oxygen atoms in total. The lowest BCUT2D eigenvalue weighted by atomic mass is 10.2. The summed E-state index contributed by atoms with van der Waals surface area (Å²) < 4.78 is 13.5. The Morgan fingerprint density at radius 3 is 2.71 bits per heavy atom. The molecule has 2 rings (SSSR count). The second-order valence-electron chi connectivity index (χ2n) is 4.51. The third-order valence-corrected chi connectivity index (χ3v) is 3.15. The SMILES string of the molecule is Cc1cccc(F)c1NC(=O)NC1CCCC1. The van der Waals surface area contributed by atoms with E-state index in [2.05, 4.69) is 10.6 Å². The van der Waals surface area contributed by atoms with Crippen LogP contribution in [0.1, 0.15) is 31.2 Å². The van der Waals surface area contributed by atoms with Gasteiger partial charge < -0.3 is 10.6 Å². The predicted octanol–water partition coefficient (Wildman–Crippen LogP) is 3.20. The van der Waals surface area contributed by atoms with Gasteiger partial charge in [0.2, 0.25) is 0 Å². The summed E-state index contributed by atoms with van der Waals surface area (Å²) in [6.45, 7) is 1.77. The molecular weight excluding hydrogens is 219 g/mol. The number of rotatable bonds is 2. The lowest BCUT2D eigenvalue weighted by molar-refractivity contribution is 0.248. The molecule has 1 aromatic carbocycles. The number of nitrogens with one attached hydrogen (secondary N) is 2. The zero-order chi connectivity index (χ0) is 12.3. The molecule has 1 aliphatic rings. The molecule has 17 heavy (non-hydrogen) atoms. The van der Waals surface area contributed by atoms with Gasteiger partial charge in [0.25, 0.3) is 0 Å². The van der Waals surface area contributed by atoms with Crippen LogP contribution >= 0.6 is 0 Å². The zero-order valence-corrected chi connectivity index (χ0v) is 9.92. The van der Waals surface area contributed by atoms with Gasteiger partial charge in [0.15, 0.2) is 0 Å². The first-order valence-electron chi connectivity index (χ1n) is 5.99. The normalized spacial score (nSPS) is 15.9. The van der Waals surface area contributed by atoms with Crippen molar-refractivity contribution < 1.29 is 9.18 Å². The van der Waals surface area contributed by atoms with E-state index in [1.807, 2.05) is 0 Å². The Balaban J connectivity index is 1.97. The molecule has 0 atom stereocenters. The Kier molecular flexibility index (Phi) is 3.61. The van der Waals surface area contributed by atoms with Gasteiger partial charge in [0.1, 0.15) is 5.82 Å². The summed E-state index contributed by atoms with van der Waals surface area (Å²) in [4.78, 5) is 11.7. The summed E-state index contributed by atoms with van der Waals surface area (Å²) in [6, 6.07) is 4.67. The molecule has 1 fully saturated rings. The van der Waals surface area contributed by atoms with Crippen molar-refractivity contribution in [2.24, 2.45) is 0 Å². The molecule has 92 valence electrons. The van der Waals surface area contributed by atoms with Gasteiger partial charge in [-0.2, -0.15) is 0 Å². The maximum absolute atomic E-state index is 13.5. The number of hydrogen-bond acceptors (Lipinski definition) is 1. The average molecular weight is 236 g/mol. The minimum atomic E-state index is -0.397. The molecule has 0 saturated heterocycles. The molecular formula is C13H17FN2O. The summed E-state index contributed by atoms with van der Waals surface area (Å²) in [5.74, 6) is -0.397. The number of halogens is 1. The highest BCUT2D eigenvalue weighted by Crippen LogP contribution is 2.20. The fraction of sp³-hybridized carbons (Fsp3) is 0.462. The fourth-order valence-electron chi connectivity index (χ4n) is 2.20. The molecule has 2 N–H and O–H groups in total. The highest BCUT2D eigenvalue weighted by Gasteiger charge is 2.17. The van der Waals surface area contributed by atoms with Crippen LogP contribution in [-0.2, 0) is 0 Å². The first-order chi connectivity index (χ1) is 8.16. The molecule has 0 heterocycles. The van der Waals surface area contributed by atoms with Crippen LogP contribution in [0.25, 0.3) is 0 Å². The van der Waals surface area contributed by atoms with Gasteiger partial charge in [-0.25, -0.2) is 9.18 Å². The summed E-state index contributed by atoms with van der Waals surface area (Å²) in [5, 5.41) is 5.45. The van der Waals surface area contributed by atoms with Crippen molar-refractivity contribution in [3.05, 3.63) is 29.6 Å². The third-order valence-electron chi connectivity index (χ3n) is 3.15. The van der Waals surface area contributed by atoms with E-state index in [0.29, 0.717) is 0 Å². The lowest BCUT2D eigenvalue weighted by Crippen LogP contribution is -2.36. The van der Waals surface area contributed by atoms with E-state index in [-0.39, 0.29) is 17.8 Å². The standard InChI is InChI=1S/C13H17FN2O/c1-9-5-4-8-11(14)12(9)16-13(17)15-10-6-2-3-7-10/h4-5,8,10H,2-3,6-7H2,1H3,(H2,15,16,17). The van der Waals surface area contributed by atoms with Gasteiger partial charge in [-0.3, -0.25) is 0 Å². The topological polar surface area (TPSA) is 41.1 Å². The Hall–Kier alpha value is -1.58. The van der Waals surface area contributed by atoms with E-state index in [1.54, 1.807) is 19.1 Å². The molecule has 1 aliphatic carbocycles. The number of aryl methyl sites for hydroxylation is 1. The Morgan fingerprint density at radius 1 is 1.35 bits per heavy atom. The van der Waals surface area contributed by atoms with Crippen molar-refractivity contribution in [2.75, 3.05) is 5.32 Å². The van der Waals surface area contributed by atoms with E-state index < -0.39 is 5.82 Å². The molecule has 2 amide bonds. The minimum Gasteiger partial charge on any atom is -0.335 e. The largest absolute Gasteiger partial charge is 0.335 e. The quantitative estimate of drug-likeness (QED) is 0.813. The van der Waals surface area contributed by atoms with Crippen LogP contribution in [0.15, 0.2) is 18.2 Å². The van der Waals surface area contributed by atoms with E-state index >= 15 is 0 Å². The number of urea groups is 1. The molecule has 0 bridgehead atoms. The van der Waals surface area contributed by atoms with Gasteiger partial charge in [0.05, 0.1) is 5.69 Å². The smallest absolute Gasteiger partial charge is 0.319 e. The number of carbonyl (C=O) groups is 1. The Morgan fingerprint density at radius 2 is 2.06 bits per heavy atom. The first-order valence-corrected chi connectivity index (χ1v) is 5.99. The molecule has 0 aromatic heterocycles. The van der Waals surface area contributed by atoms with E-state index in [4.69, 9.17) is 0 Å². The van der Waals surface area contributed by atoms with Gasteiger partial charge in [0, 0.05) is 6.04 Å². The molecule has 0 spiro atoms. The summed E-state index contributed by atoms with van der Waals surface area (Å²) >= 11 is 0. The van der Waals surface area contributed by atoms with Gasteiger partial charge >= 0.3 is 6.03 Å². The highest BCUT2D eigenvalue weighted by atomic mass is 19.1. The first kappa shape index (κ1) is 11.9. The van der Waals surface area contributed by atoms with Gasteiger partial charge in [-0.15, -0.1) is 0 Å². The molecule has 0 unspecified atom stereocenters. The lowest BCUT2D eigenvalue weighted by Gasteiger charge is -2.14. The summed E-state index contributed by atoms with van der Waals surface area (Å²) in [5.41, 5.74) is 0.995. The molecule has 1 aromatic rings. The fourth-order valence-corrected chi connectivity index (χ4v) is 2.20. The van der Waals surface area contributed by atoms with Crippen LogP contribution in [-0.4, -0.2) is 12.1 Å². The Bertz CT molecular complexity index is 394. The molecule has 1 saturated carbocycles. The Labute approximate surface area is 100 Å². The van der Waals surface area contributed by atoms with Crippen LogP contribution in [0.5, 0.6) is 0 Å². The van der Waals surface area contributed by atoms with Crippen molar-refractivity contribution in [3.8, 4) is 0 Å². The second kappa shape index (κ2) is 5.17. The van der Waals surface area contributed by atoms with E-state index in [0.717, 1.165) is 31.2 Å². The van der Waals surface area contributed by atoms with Crippen LogP contribution in [0.2, 0.25) is 0 Å². The van der Waals surface area contributed by atoms with Crippen LogP contribution in [0.4, 0.5) is 14.9 Å². The maximum atomic E-state index is 13.5. The van der Waals surface area contributed by atoms with Gasteiger partial charge in [-0.05, 0) is 31.4 Å². The van der Waals surface area contributed by atoms with E-state index in [1.165, 1.54) is 6.07 Å².